The molecule has 1 rings (SSSR count). The van der Waals surface area contributed by atoms with Crippen LogP contribution in [0.1, 0.15) is 52.9 Å². The van der Waals surface area contributed by atoms with E-state index >= 15 is 0 Å². The Morgan fingerprint density at radius 3 is 2.33 bits per heavy atom. The van der Waals surface area contributed by atoms with Crippen LogP contribution in [-0.2, 0) is 9.59 Å². The SMILES string of the molecule is CC(C)(C)C(CCN)CCC(=O)NCC(=O)N1CCCC1. The minimum atomic E-state index is -0.0335. The molecule has 1 atom stereocenters. The lowest BCUT2D eigenvalue weighted by Gasteiger charge is -2.30. The number of nitrogens with two attached hydrogens (primary N) is 1. The monoisotopic (exact) mass is 297 g/mol. The van der Waals surface area contributed by atoms with E-state index in [1.54, 1.807) is 0 Å². The summed E-state index contributed by atoms with van der Waals surface area (Å²) in [6.07, 6.45) is 4.38. The molecule has 3 N–H and O–H groups in total. The molecule has 1 saturated heterocycles. The molecule has 5 heteroatoms. The number of nitrogens with zero attached hydrogens (tertiary/aromatic N) is 1. The molecule has 1 aliphatic heterocycles. The Morgan fingerprint density at radius 1 is 1.19 bits per heavy atom. The molecule has 0 aromatic carbocycles. The fraction of sp³-hybridized carbons (Fsp3) is 0.875. The van der Waals surface area contributed by atoms with Gasteiger partial charge in [0.1, 0.15) is 0 Å². The van der Waals surface area contributed by atoms with Crippen molar-refractivity contribution < 1.29 is 9.59 Å². The molecule has 21 heavy (non-hydrogen) atoms. The molecule has 1 unspecified atom stereocenters. The second-order valence-corrected chi connectivity index (χ2v) is 7.04. The van der Waals surface area contributed by atoms with Gasteiger partial charge in [0.25, 0.3) is 0 Å². The minimum absolute atomic E-state index is 0.0335. The highest BCUT2D eigenvalue weighted by molar-refractivity contribution is 5.84. The normalized spacial score (nSPS) is 16.9. The van der Waals surface area contributed by atoms with Crippen LogP contribution in [0.5, 0.6) is 0 Å². The van der Waals surface area contributed by atoms with Crippen molar-refractivity contribution in [3.05, 3.63) is 0 Å². The largest absolute Gasteiger partial charge is 0.347 e. The van der Waals surface area contributed by atoms with Crippen LogP contribution in [0, 0.1) is 11.3 Å². The van der Waals surface area contributed by atoms with E-state index in [0.717, 1.165) is 38.8 Å². The van der Waals surface area contributed by atoms with E-state index in [4.69, 9.17) is 5.73 Å². The quantitative estimate of drug-likeness (QED) is 0.748. The van der Waals surface area contributed by atoms with Crippen molar-refractivity contribution >= 4 is 11.8 Å². The lowest BCUT2D eigenvalue weighted by atomic mass is 9.76. The van der Waals surface area contributed by atoms with Crippen LogP contribution in [-0.4, -0.2) is 42.9 Å². The highest BCUT2D eigenvalue weighted by Gasteiger charge is 2.24. The summed E-state index contributed by atoms with van der Waals surface area (Å²) in [6, 6.07) is 0. The first-order valence-corrected chi connectivity index (χ1v) is 8.09. The molecule has 0 radical (unpaired) electrons. The van der Waals surface area contributed by atoms with E-state index in [2.05, 4.69) is 26.1 Å². The Hall–Kier alpha value is -1.10. The van der Waals surface area contributed by atoms with Crippen LogP contribution in [0.4, 0.5) is 0 Å². The molecular weight excluding hydrogens is 266 g/mol. The molecule has 0 spiro atoms. The summed E-state index contributed by atoms with van der Waals surface area (Å²) in [6.45, 7) is 8.99. The maximum Gasteiger partial charge on any atom is 0.241 e. The van der Waals surface area contributed by atoms with Crippen LogP contribution < -0.4 is 11.1 Å². The van der Waals surface area contributed by atoms with E-state index < -0.39 is 0 Å². The van der Waals surface area contributed by atoms with Crippen LogP contribution in [0.15, 0.2) is 0 Å². The van der Waals surface area contributed by atoms with Crippen molar-refractivity contribution in [1.29, 1.82) is 0 Å². The lowest BCUT2D eigenvalue weighted by Crippen LogP contribution is -2.38. The topological polar surface area (TPSA) is 75.4 Å². The fourth-order valence-corrected chi connectivity index (χ4v) is 2.86. The summed E-state index contributed by atoms with van der Waals surface area (Å²) in [5.41, 5.74) is 5.81. The zero-order valence-electron chi connectivity index (χ0n) is 13.8. The second-order valence-electron chi connectivity index (χ2n) is 7.04. The molecule has 5 nitrogen and oxygen atoms in total. The van der Waals surface area contributed by atoms with E-state index in [0.29, 0.717) is 18.9 Å². The summed E-state index contributed by atoms with van der Waals surface area (Å²) in [4.78, 5) is 25.6. The standard InChI is InChI=1S/C16H31N3O2/c1-16(2,3)13(8-9-17)6-7-14(20)18-12-15(21)19-10-4-5-11-19/h13H,4-12,17H2,1-3H3,(H,18,20). The van der Waals surface area contributed by atoms with Gasteiger partial charge >= 0.3 is 0 Å². The molecule has 1 aliphatic rings. The van der Waals surface area contributed by atoms with Crippen molar-refractivity contribution in [2.24, 2.45) is 17.1 Å². The van der Waals surface area contributed by atoms with Crippen LogP contribution in [0.25, 0.3) is 0 Å². The Morgan fingerprint density at radius 2 is 1.81 bits per heavy atom. The van der Waals surface area contributed by atoms with Crippen LogP contribution >= 0.6 is 0 Å². The summed E-state index contributed by atoms with van der Waals surface area (Å²) in [5.74, 6) is 0.437. The summed E-state index contributed by atoms with van der Waals surface area (Å²) >= 11 is 0. The van der Waals surface area contributed by atoms with E-state index in [-0.39, 0.29) is 23.8 Å². The van der Waals surface area contributed by atoms with Gasteiger partial charge in [-0.2, -0.15) is 0 Å². The van der Waals surface area contributed by atoms with E-state index in [1.165, 1.54) is 0 Å². The van der Waals surface area contributed by atoms with Crippen LogP contribution in [0.3, 0.4) is 0 Å². The number of rotatable bonds is 7. The van der Waals surface area contributed by atoms with Gasteiger partial charge in [0, 0.05) is 19.5 Å². The average Bonchev–Trinajstić information content (AvgIpc) is 2.93. The highest BCUT2D eigenvalue weighted by Crippen LogP contribution is 2.31. The first-order valence-electron chi connectivity index (χ1n) is 8.09. The van der Waals surface area contributed by atoms with Gasteiger partial charge in [0.05, 0.1) is 6.54 Å². The molecule has 0 saturated carbocycles. The third-order valence-corrected chi connectivity index (χ3v) is 4.36. The molecule has 122 valence electrons. The number of likely N-dealkylation sites (tertiary alicyclic amines) is 1. The van der Waals surface area contributed by atoms with Crippen molar-refractivity contribution in [1.82, 2.24) is 10.2 Å². The van der Waals surface area contributed by atoms with Gasteiger partial charge in [0.2, 0.25) is 11.8 Å². The smallest absolute Gasteiger partial charge is 0.241 e. The molecule has 0 bridgehead atoms. The maximum absolute atomic E-state index is 11.9. The fourth-order valence-electron chi connectivity index (χ4n) is 2.86. The molecular formula is C16H31N3O2. The van der Waals surface area contributed by atoms with Gasteiger partial charge in [-0.05, 0) is 43.6 Å². The third-order valence-electron chi connectivity index (χ3n) is 4.36. The zero-order valence-corrected chi connectivity index (χ0v) is 13.8. The van der Waals surface area contributed by atoms with Gasteiger partial charge in [-0.3, -0.25) is 9.59 Å². The minimum Gasteiger partial charge on any atom is -0.347 e. The Labute approximate surface area is 128 Å². The third kappa shape index (κ3) is 6.46. The summed E-state index contributed by atoms with van der Waals surface area (Å²) in [7, 11) is 0. The van der Waals surface area contributed by atoms with Crippen LogP contribution in [0.2, 0.25) is 0 Å². The van der Waals surface area contributed by atoms with Crippen molar-refractivity contribution in [2.45, 2.75) is 52.9 Å². The molecule has 0 aromatic rings. The Kier molecular flexibility index (Phi) is 7.15. The first kappa shape index (κ1) is 18.0. The molecule has 0 aromatic heterocycles. The Balaban J connectivity index is 2.27. The number of hydrogen-bond donors (Lipinski definition) is 2. The second kappa shape index (κ2) is 8.37. The van der Waals surface area contributed by atoms with Gasteiger partial charge < -0.3 is 16.0 Å². The number of hydrogen-bond acceptors (Lipinski definition) is 3. The van der Waals surface area contributed by atoms with Gasteiger partial charge in [-0.15, -0.1) is 0 Å². The molecule has 2 amide bonds. The van der Waals surface area contributed by atoms with Gasteiger partial charge in [0.15, 0.2) is 0 Å². The number of nitrogens with one attached hydrogen (secondary N) is 1. The number of carbonyl (C=O) groups is 2. The van der Waals surface area contributed by atoms with Gasteiger partial charge in [-0.1, -0.05) is 20.8 Å². The maximum atomic E-state index is 11.9. The van der Waals surface area contributed by atoms with Crippen molar-refractivity contribution in [3.63, 3.8) is 0 Å². The zero-order chi connectivity index (χ0) is 15.9. The summed E-state index contributed by atoms with van der Waals surface area (Å²) in [5, 5.41) is 2.75. The number of carbonyl (C=O) groups excluding carboxylic acids is 2. The molecule has 0 aliphatic carbocycles. The first-order chi connectivity index (χ1) is 9.84. The highest BCUT2D eigenvalue weighted by atomic mass is 16.2. The average molecular weight is 297 g/mol. The van der Waals surface area contributed by atoms with Crippen molar-refractivity contribution in [2.75, 3.05) is 26.2 Å². The Bertz CT molecular complexity index is 344. The number of amides is 2. The molecule has 1 heterocycles. The predicted molar refractivity (Wildman–Crippen MR) is 84.7 cm³/mol. The van der Waals surface area contributed by atoms with Gasteiger partial charge in [-0.25, -0.2) is 0 Å². The predicted octanol–water partition coefficient (Wildman–Crippen LogP) is 1.52. The molecule has 1 fully saturated rings. The van der Waals surface area contributed by atoms with E-state index in [1.807, 2.05) is 4.90 Å². The lowest BCUT2D eigenvalue weighted by molar-refractivity contribution is -0.132. The van der Waals surface area contributed by atoms with Crippen molar-refractivity contribution in [3.8, 4) is 0 Å². The van der Waals surface area contributed by atoms with E-state index in [9.17, 15) is 9.59 Å². The summed E-state index contributed by atoms with van der Waals surface area (Å²) < 4.78 is 0.